The van der Waals surface area contributed by atoms with Crippen molar-refractivity contribution in [1.82, 2.24) is 19.5 Å². The first-order chi connectivity index (χ1) is 20.9. The Balaban J connectivity index is 0.00000106. The first-order valence-corrected chi connectivity index (χ1v) is 14.1. The SMILES string of the molecule is CCC.COC(=O)Nc1cnc2c(c1)C(c1ccccc1)N(c1nc(-c3nc4ccccc4o3)c(OC)c(=O)n1C)CC2.[HH]. The predicted molar refractivity (Wildman–Crippen MR) is 167 cm³/mol. The number of nitrogens with zero attached hydrogens (tertiary/aromatic N) is 5. The molecule has 0 spiro atoms. The average Bonchev–Trinajstić information content (AvgIpc) is 3.47. The molecule has 0 aliphatic carbocycles. The zero-order chi connectivity index (χ0) is 30.5. The number of amides is 1. The number of aromatic nitrogens is 4. The van der Waals surface area contributed by atoms with Gasteiger partial charge in [0.05, 0.1) is 32.1 Å². The van der Waals surface area contributed by atoms with Crippen molar-refractivity contribution in [2.24, 2.45) is 7.05 Å². The zero-order valence-corrected chi connectivity index (χ0v) is 24.8. The summed E-state index contributed by atoms with van der Waals surface area (Å²) in [5.41, 5.74) is 4.29. The number of hydrogen-bond donors (Lipinski definition) is 1. The largest absolute Gasteiger partial charge is 0.489 e. The molecule has 0 fully saturated rings. The number of para-hydroxylation sites is 2. The van der Waals surface area contributed by atoms with E-state index in [9.17, 15) is 9.59 Å². The van der Waals surface area contributed by atoms with Gasteiger partial charge in [0.2, 0.25) is 11.7 Å². The molecular formula is C32H36N6O5. The van der Waals surface area contributed by atoms with Crippen LogP contribution in [0.1, 0.15) is 44.6 Å². The third-order valence-electron chi connectivity index (χ3n) is 6.93. The third-order valence-corrected chi connectivity index (χ3v) is 6.93. The molecule has 0 saturated carbocycles. The molecule has 1 amide bonds. The van der Waals surface area contributed by atoms with Gasteiger partial charge in [0.15, 0.2) is 11.3 Å². The van der Waals surface area contributed by atoms with Gasteiger partial charge in [-0.05, 0) is 23.8 Å². The molecule has 0 bridgehead atoms. The molecule has 1 N–H and O–H groups in total. The van der Waals surface area contributed by atoms with Crippen LogP contribution in [0.3, 0.4) is 0 Å². The Morgan fingerprint density at radius 1 is 1.09 bits per heavy atom. The summed E-state index contributed by atoms with van der Waals surface area (Å²) in [7, 11) is 4.39. The standard InChI is InChI=1S/C29H26N6O5.C3H8.H2/c1-34-27(36)25(38-2)23(26-32-21-11-7-8-12-22(21)40-26)33-28(34)35-14-13-20-19(24(35)17-9-5-4-6-10-17)15-18(16-30-20)31-29(37)39-3;1-3-2;/h4-12,15-16,24H,13-14H2,1-3H3,(H,31,37);3H2,1-2H3;1H. The molecule has 3 aromatic heterocycles. The molecule has 5 aromatic rings. The number of carbonyl (C=O) groups is 1. The second-order valence-electron chi connectivity index (χ2n) is 9.98. The Bertz CT molecular complexity index is 1770. The monoisotopic (exact) mass is 584 g/mol. The number of fused-ring (bicyclic) bond motifs is 2. The highest BCUT2D eigenvalue weighted by Gasteiger charge is 2.34. The van der Waals surface area contributed by atoms with E-state index in [0.717, 1.165) is 16.8 Å². The minimum atomic E-state index is -0.590. The zero-order valence-electron chi connectivity index (χ0n) is 24.8. The van der Waals surface area contributed by atoms with Crippen molar-refractivity contribution in [2.75, 3.05) is 31.0 Å². The van der Waals surface area contributed by atoms with Crippen molar-refractivity contribution in [2.45, 2.75) is 32.7 Å². The Morgan fingerprint density at radius 2 is 1.81 bits per heavy atom. The maximum absolute atomic E-state index is 13.6. The number of benzene rings is 2. The van der Waals surface area contributed by atoms with Crippen LogP contribution in [0.4, 0.5) is 16.4 Å². The van der Waals surface area contributed by atoms with Crippen LogP contribution >= 0.6 is 0 Å². The fraction of sp³-hybridized carbons (Fsp3) is 0.281. The van der Waals surface area contributed by atoms with Crippen LogP contribution in [0.15, 0.2) is 76.1 Å². The Kier molecular flexibility index (Phi) is 8.70. The van der Waals surface area contributed by atoms with Gasteiger partial charge in [0.25, 0.3) is 11.4 Å². The van der Waals surface area contributed by atoms with Gasteiger partial charge >= 0.3 is 6.09 Å². The van der Waals surface area contributed by atoms with Crippen LogP contribution in [-0.2, 0) is 18.2 Å². The number of anilines is 2. The number of carbonyl (C=O) groups excluding carboxylic acids is 1. The van der Waals surface area contributed by atoms with E-state index in [2.05, 4.69) is 29.1 Å². The fourth-order valence-corrected chi connectivity index (χ4v) is 5.06. The number of ether oxygens (including phenoxy) is 2. The van der Waals surface area contributed by atoms with E-state index in [1.54, 1.807) is 19.3 Å². The first-order valence-electron chi connectivity index (χ1n) is 14.1. The van der Waals surface area contributed by atoms with Crippen molar-refractivity contribution in [3.05, 3.63) is 94.0 Å². The Hall–Kier alpha value is -5.19. The van der Waals surface area contributed by atoms with Crippen molar-refractivity contribution in [3.63, 3.8) is 0 Å². The highest BCUT2D eigenvalue weighted by atomic mass is 16.5. The van der Waals surface area contributed by atoms with E-state index in [-0.39, 0.29) is 30.4 Å². The van der Waals surface area contributed by atoms with Gasteiger partial charge in [-0.15, -0.1) is 0 Å². The highest BCUT2D eigenvalue weighted by Crippen LogP contribution is 2.39. The third kappa shape index (κ3) is 5.78. The van der Waals surface area contributed by atoms with Crippen LogP contribution in [0.25, 0.3) is 22.7 Å². The van der Waals surface area contributed by atoms with Gasteiger partial charge in [-0.2, -0.15) is 0 Å². The highest BCUT2D eigenvalue weighted by molar-refractivity contribution is 5.84. The minimum absolute atomic E-state index is 0. The molecule has 0 saturated heterocycles. The summed E-state index contributed by atoms with van der Waals surface area (Å²) in [6.45, 7) is 4.78. The molecule has 4 heterocycles. The molecule has 1 unspecified atom stereocenters. The molecule has 2 aromatic carbocycles. The van der Waals surface area contributed by atoms with E-state index in [1.165, 1.54) is 25.2 Å². The molecule has 6 rings (SSSR count). The number of methoxy groups -OCH3 is 2. The number of oxazole rings is 1. The van der Waals surface area contributed by atoms with E-state index >= 15 is 0 Å². The predicted octanol–water partition coefficient (Wildman–Crippen LogP) is 5.98. The van der Waals surface area contributed by atoms with Crippen molar-refractivity contribution >= 4 is 28.8 Å². The molecule has 11 nitrogen and oxygen atoms in total. The summed E-state index contributed by atoms with van der Waals surface area (Å²) < 4.78 is 17.7. The van der Waals surface area contributed by atoms with Crippen LogP contribution in [-0.4, -0.2) is 46.4 Å². The van der Waals surface area contributed by atoms with Gasteiger partial charge in [-0.1, -0.05) is 62.7 Å². The summed E-state index contributed by atoms with van der Waals surface area (Å²) in [4.78, 5) is 41.7. The summed E-state index contributed by atoms with van der Waals surface area (Å²) in [6, 6.07) is 18.7. The normalized spacial score (nSPS) is 14.0. The van der Waals surface area contributed by atoms with Crippen LogP contribution < -0.4 is 20.5 Å². The molecule has 0 radical (unpaired) electrons. The quantitative estimate of drug-likeness (QED) is 0.265. The van der Waals surface area contributed by atoms with Gasteiger partial charge in [0, 0.05) is 32.7 Å². The molecule has 1 aliphatic heterocycles. The molecule has 1 aliphatic rings. The lowest BCUT2D eigenvalue weighted by atomic mass is 9.91. The molecule has 224 valence electrons. The van der Waals surface area contributed by atoms with Crippen LogP contribution in [0.2, 0.25) is 0 Å². The summed E-state index contributed by atoms with van der Waals surface area (Å²) in [5.74, 6) is 0.642. The van der Waals surface area contributed by atoms with Gasteiger partial charge < -0.3 is 18.8 Å². The average molecular weight is 585 g/mol. The molecular weight excluding hydrogens is 548 g/mol. The lowest BCUT2D eigenvalue weighted by molar-refractivity contribution is 0.187. The van der Waals surface area contributed by atoms with E-state index in [4.69, 9.17) is 18.9 Å². The smallest absolute Gasteiger partial charge is 0.411 e. The summed E-state index contributed by atoms with van der Waals surface area (Å²) in [6.07, 6.45) is 2.87. The van der Waals surface area contributed by atoms with Crippen molar-refractivity contribution in [3.8, 4) is 17.3 Å². The molecule has 1 atom stereocenters. The van der Waals surface area contributed by atoms with Crippen molar-refractivity contribution in [1.29, 1.82) is 0 Å². The maximum atomic E-state index is 13.6. The Morgan fingerprint density at radius 3 is 2.51 bits per heavy atom. The van der Waals surface area contributed by atoms with Gasteiger partial charge in [-0.3, -0.25) is 19.7 Å². The lowest BCUT2D eigenvalue weighted by Crippen LogP contribution is -2.40. The van der Waals surface area contributed by atoms with Gasteiger partial charge in [0.1, 0.15) is 5.52 Å². The van der Waals surface area contributed by atoms with Gasteiger partial charge in [-0.25, -0.2) is 14.8 Å². The first kappa shape index (κ1) is 29.3. The second kappa shape index (κ2) is 12.8. The van der Waals surface area contributed by atoms with E-state index < -0.39 is 6.09 Å². The summed E-state index contributed by atoms with van der Waals surface area (Å²) in [5, 5.41) is 2.70. The fourth-order valence-electron chi connectivity index (χ4n) is 5.06. The minimum Gasteiger partial charge on any atom is -0.489 e. The maximum Gasteiger partial charge on any atom is 0.411 e. The topological polar surface area (TPSA) is 125 Å². The number of hydrogen-bond acceptors (Lipinski definition) is 9. The lowest BCUT2D eigenvalue weighted by Gasteiger charge is -2.38. The number of nitrogens with one attached hydrogen (secondary N) is 1. The van der Waals surface area contributed by atoms with E-state index in [1.807, 2.05) is 59.5 Å². The van der Waals surface area contributed by atoms with Crippen LogP contribution in [0.5, 0.6) is 5.75 Å². The molecule has 11 heteroatoms. The number of pyridine rings is 1. The second-order valence-corrected chi connectivity index (χ2v) is 9.98. The van der Waals surface area contributed by atoms with Crippen molar-refractivity contribution < 1.29 is 20.1 Å². The van der Waals surface area contributed by atoms with E-state index in [0.29, 0.717) is 35.7 Å². The Labute approximate surface area is 250 Å². The summed E-state index contributed by atoms with van der Waals surface area (Å²) >= 11 is 0. The van der Waals surface area contributed by atoms with Crippen LogP contribution in [0, 0.1) is 0 Å². The molecule has 43 heavy (non-hydrogen) atoms. The number of rotatable bonds is 5.